The number of aryl methyl sites for hydroxylation is 1. The Hall–Kier alpha value is -2.45. The van der Waals surface area contributed by atoms with E-state index in [2.05, 4.69) is 5.32 Å². The maximum atomic E-state index is 11.9. The fourth-order valence-corrected chi connectivity index (χ4v) is 2.73. The van der Waals surface area contributed by atoms with Crippen molar-refractivity contribution in [3.8, 4) is 0 Å². The molecule has 0 amide bonds. The molecular formula is C15H16N2O5S. The van der Waals surface area contributed by atoms with Gasteiger partial charge in [0.25, 0.3) is 15.8 Å². The maximum Gasteiger partial charge on any atom is 0.297 e. The molecule has 0 fully saturated rings. The monoisotopic (exact) mass is 336 g/mol. The molecule has 0 aliphatic heterocycles. The minimum absolute atomic E-state index is 0.00579. The second-order valence-corrected chi connectivity index (χ2v) is 6.44. The van der Waals surface area contributed by atoms with Crippen LogP contribution in [0, 0.1) is 17.0 Å². The Labute approximate surface area is 134 Å². The first-order valence-electron chi connectivity index (χ1n) is 6.83. The van der Waals surface area contributed by atoms with E-state index in [1.807, 2.05) is 6.92 Å². The first-order chi connectivity index (χ1) is 10.9. The van der Waals surface area contributed by atoms with Crippen molar-refractivity contribution in [2.24, 2.45) is 0 Å². The predicted octanol–water partition coefficient (Wildman–Crippen LogP) is 2.72. The fraction of sp³-hybridized carbons (Fsp3) is 0.200. The third kappa shape index (κ3) is 4.76. The van der Waals surface area contributed by atoms with Gasteiger partial charge in [-0.2, -0.15) is 8.42 Å². The lowest BCUT2D eigenvalue weighted by Crippen LogP contribution is -2.14. The normalized spacial score (nSPS) is 11.2. The van der Waals surface area contributed by atoms with Crippen LogP contribution in [0.15, 0.2) is 53.4 Å². The number of hydrogen-bond acceptors (Lipinski definition) is 6. The van der Waals surface area contributed by atoms with Crippen molar-refractivity contribution >= 4 is 21.5 Å². The molecule has 7 nitrogen and oxygen atoms in total. The molecule has 0 aromatic heterocycles. The molecule has 0 heterocycles. The van der Waals surface area contributed by atoms with E-state index < -0.39 is 15.0 Å². The summed E-state index contributed by atoms with van der Waals surface area (Å²) in [5.74, 6) is 0. The van der Waals surface area contributed by atoms with Gasteiger partial charge < -0.3 is 5.32 Å². The third-order valence-corrected chi connectivity index (χ3v) is 4.38. The highest BCUT2D eigenvalue weighted by Crippen LogP contribution is 2.16. The molecule has 2 aromatic carbocycles. The zero-order valence-corrected chi connectivity index (χ0v) is 13.2. The molecule has 2 rings (SSSR count). The van der Waals surface area contributed by atoms with Gasteiger partial charge in [0.05, 0.1) is 16.4 Å². The first-order valence-corrected chi connectivity index (χ1v) is 8.24. The molecule has 122 valence electrons. The molecule has 23 heavy (non-hydrogen) atoms. The molecule has 0 aliphatic carbocycles. The molecule has 1 N–H and O–H groups in total. The van der Waals surface area contributed by atoms with Crippen molar-refractivity contribution in [2.45, 2.75) is 11.8 Å². The molecule has 8 heteroatoms. The Kier molecular flexibility index (Phi) is 5.30. The zero-order chi connectivity index (χ0) is 16.9. The summed E-state index contributed by atoms with van der Waals surface area (Å²) in [7, 11) is -3.78. The average Bonchev–Trinajstić information content (AvgIpc) is 2.52. The minimum Gasteiger partial charge on any atom is -0.383 e. The van der Waals surface area contributed by atoms with E-state index in [0.717, 1.165) is 5.56 Å². The lowest BCUT2D eigenvalue weighted by atomic mass is 10.2. The fourth-order valence-electron chi connectivity index (χ4n) is 1.82. The van der Waals surface area contributed by atoms with Crippen LogP contribution in [0.2, 0.25) is 0 Å². The number of hydrogen-bond donors (Lipinski definition) is 1. The number of benzene rings is 2. The van der Waals surface area contributed by atoms with Gasteiger partial charge in [-0.25, -0.2) is 0 Å². The van der Waals surface area contributed by atoms with Crippen molar-refractivity contribution < 1.29 is 17.5 Å². The van der Waals surface area contributed by atoms with Crippen molar-refractivity contribution in [3.05, 3.63) is 64.2 Å². The third-order valence-electron chi connectivity index (χ3n) is 3.06. The summed E-state index contributed by atoms with van der Waals surface area (Å²) in [5.41, 5.74) is 1.60. The largest absolute Gasteiger partial charge is 0.383 e. The Balaban J connectivity index is 1.84. The summed E-state index contributed by atoms with van der Waals surface area (Å²) in [5, 5.41) is 13.5. The quantitative estimate of drug-likeness (QED) is 0.361. The summed E-state index contributed by atoms with van der Waals surface area (Å²) in [4.78, 5) is 10.2. The van der Waals surface area contributed by atoms with Gasteiger partial charge in [0.2, 0.25) is 0 Å². The molecule has 0 saturated heterocycles. The van der Waals surface area contributed by atoms with Crippen molar-refractivity contribution in [1.82, 2.24) is 0 Å². The number of nitro benzene ring substituents is 1. The zero-order valence-electron chi connectivity index (χ0n) is 12.4. The van der Waals surface area contributed by atoms with Crippen LogP contribution < -0.4 is 5.32 Å². The topological polar surface area (TPSA) is 98.5 Å². The van der Waals surface area contributed by atoms with Gasteiger partial charge >= 0.3 is 0 Å². The number of nitrogens with zero attached hydrogens (tertiary/aromatic N) is 1. The highest BCUT2D eigenvalue weighted by atomic mass is 32.2. The van der Waals surface area contributed by atoms with Crippen molar-refractivity contribution in [2.75, 3.05) is 18.5 Å². The Morgan fingerprint density at radius 1 is 1.09 bits per heavy atom. The smallest absolute Gasteiger partial charge is 0.297 e. The highest BCUT2D eigenvalue weighted by molar-refractivity contribution is 7.86. The van der Waals surface area contributed by atoms with Crippen molar-refractivity contribution in [1.29, 1.82) is 0 Å². The molecule has 0 aliphatic rings. The lowest BCUT2D eigenvalue weighted by molar-refractivity contribution is -0.384. The van der Waals surface area contributed by atoms with Gasteiger partial charge in [0.15, 0.2) is 0 Å². The van der Waals surface area contributed by atoms with Gasteiger partial charge in [-0.1, -0.05) is 17.7 Å². The van der Waals surface area contributed by atoms with Crippen LogP contribution in [0.4, 0.5) is 11.4 Å². The number of anilines is 1. The van der Waals surface area contributed by atoms with Crippen LogP contribution in [0.3, 0.4) is 0 Å². The first kappa shape index (κ1) is 16.9. The van der Waals surface area contributed by atoms with E-state index in [1.165, 1.54) is 24.3 Å². The molecule has 0 spiro atoms. The van der Waals surface area contributed by atoms with Crippen LogP contribution in [-0.2, 0) is 14.3 Å². The summed E-state index contributed by atoms with van der Waals surface area (Å²) in [6.45, 7) is 2.07. The number of nitrogens with one attached hydrogen (secondary N) is 1. The highest BCUT2D eigenvalue weighted by Gasteiger charge is 2.14. The maximum absolute atomic E-state index is 11.9. The van der Waals surface area contributed by atoms with Crippen LogP contribution in [0.5, 0.6) is 0 Å². The molecule has 0 radical (unpaired) electrons. The van der Waals surface area contributed by atoms with Crippen LogP contribution in [0.1, 0.15) is 5.56 Å². The Bertz CT molecular complexity index is 771. The van der Waals surface area contributed by atoms with Gasteiger partial charge in [-0.3, -0.25) is 14.3 Å². The minimum atomic E-state index is -3.78. The molecular weight excluding hydrogens is 320 g/mol. The Morgan fingerprint density at radius 3 is 2.26 bits per heavy atom. The summed E-state index contributed by atoms with van der Waals surface area (Å²) in [6.07, 6.45) is 0. The second kappa shape index (κ2) is 7.21. The predicted molar refractivity (Wildman–Crippen MR) is 85.9 cm³/mol. The molecule has 0 saturated carbocycles. The van der Waals surface area contributed by atoms with Gasteiger partial charge in [-0.15, -0.1) is 0 Å². The van der Waals surface area contributed by atoms with Gasteiger partial charge in [0.1, 0.15) is 0 Å². The van der Waals surface area contributed by atoms with Crippen LogP contribution in [-0.4, -0.2) is 26.5 Å². The summed E-state index contributed by atoms with van der Waals surface area (Å²) >= 11 is 0. The number of non-ortho nitro benzene ring substituents is 1. The van der Waals surface area contributed by atoms with Crippen molar-refractivity contribution in [3.63, 3.8) is 0 Å². The molecule has 0 unspecified atom stereocenters. The number of rotatable bonds is 7. The summed E-state index contributed by atoms with van der Waals surface area (Å²) < 4.78 is 28.8. The van der Waals surface area contributed by atoms with Gasteiger partial charge in [-0.05, 0) is 31.2 Å². The van der Waals surface area contributed by atoms with Gasteiger partial charge in [0, 0.05) is 24.4 Å². The SMILES string of the molecule is Cc1ccc(S(=O)(=O)OCCNc2ccc([N+](=O)[O-])cc2)cc1. The van der Waals surface area contributed by atoms with Crippen LogP contribution in [0.25, 0.3) is 0 Å². The summed E-state index contributed by atoms with van der Waals surface area (Å²) in [6, 6.07) is 12.2. The van der Waals surface area contributed by atoms with E-state index in [0.29, 0.717) is 5.69 Å². The molecule has 0 atom stereocenters. The van der Waals surface area contributed by atoms with E-state index in [9.17, 15) is 18.5 Å². The van der Waals surface area contributed by atoms with Crippen LogP contribution >= 0.6 is 0 Å². The second-order valence-electron chi connectivity index (χ2n) is 4.82. The Morgan fingerprint density at radius 2 is 1.70 bits per heavy atom. The lowest BCUT2D eigenvalue weighted by Gasteiger charge is -2.08. The van der Waals surface area contributed by atoms with E-state index >= 15 is 0 Å². The van der Waals surface area contributed by atoms with E-state index in [-0.39, 0.29) is 23.7 Å². The molecule has 0 bridgehead atoms. The molecule has 2 aromatic rings. The van der Waals surface area contributed by atoms with E-state index in [4.69, 9.17) is 4.18 Å². The number of nitro groups is 1. The standard InChI is InChI=1S/C15H16N2O5S/c1-12-2-8-15(9-3-12)23(20,21)22-11-10-16-13-4-6-14(7-5-13)17(18)19/h2-9,16H,10-11H2,1H3. The van der Waals surface area contributed by atoms with E-state index in [1.54, 1.807) is 24.3 Å². The average molecular weight is 336 g/mol.